The zero-order valence-corrected chi connectivity index (χ0v) is 23.9. The van der Waals surface area contributed by atoms with Crippen LogP contribution in [0.25, 0.3) is 0 Å². The fourth-order valence-corrected chi connectivity index (χ4v) is 7.27. The zero-order valence-electron chi connectivity index (χ0n) is 20.7. The molecule has 5 nitrogen and oxygen atoms in total. The van der Waals surface area contributed by atoms with Gasteiger partial charge < -0.3 is 14.2 Å². The van der Waals surface area contributed by atoms with Gasteiger partial charge in [-0.1, -0.05) is 45.7 Å². The molecule has 2 fully saturated rings. The van der Waals surface area contributed by atoms with Crippen LogP contribution in [0, 0.1) is 17.3 Å². The van der Waals surface area contributed by atoms with E-state index in [-0.39, 0.29) is 22.7 Å². The summed E-state index contributed by atoms with van der Waals surface area (Å²) in [5.74, 6) is 1.40. The Kier molecular flexibility index (Phi) is 5.81. The third kappa shape index (κ3) is 4.02. The maximum atomic E-state index is 13.2. The van der Waals surface area contributed by atoms with Crippen molar-refractivity contribution < 1.29 is 23.8 Å². The third-order valence-electron chi connectivity index (χ3n) is 8.51. The Bertz CT molecular complexity index is 1410. The summed E-state index contributed by atoms with van der Waals surface area (Å²) in [6.45, 7) is 6.76. The summed E-state index contributed by atoms with van der Waals surface area (Å²) in [6, 6.07) is 17.4. The average Bonchev–Trinajstić information content (AvgIpc) is 3.19. The monoisotopic (exact) mass is 624 g/mol. The van der Waals surface area contributed by atoms with Gasteiger partial charge in [0.1, 0.15) is 22.8 Å². The SMILES string of the molecule is CC1(C)[C@@H]2CC[C@]3(C)Oc4cc(OC(=O)c5ccc(Br)cc5)cc(OC(=O)c5ccc(Br)cc5)c4[C@H]1[C@H]23. The molecule has 3 aromatic rings. The van der Waals surface area contributed by atoms with Crippen LogP contribution in [0.3, 0.4) is 0 Å². The molecule has 2 aliphatic carbocycles. The van der Waals surface area contributed by atoms with Crippen LogP contribution < -0.4 is 14.2 Å². The maximum absolute atomic E-state index is 13.2. The number of hydrogen-bond acceptors (Lipinski definition) is 5. The highest BCUT2D eigenvalue weighted by Crippen LogP contribution is 2.74. The molecule has 0 radical (unpaired) electrons. The second-order valence-corrected chi connectivity index (χ2v) is 12.8. The van der Waals surface area contributed by atoms with Gasteiger partial charge in [-0.3, -0.25) is 0 Å². The predicted octanol–water partition coefficient (Wildman–Crippen LogP) is 7.95. The smallest absolute Gasteiger partial charge is 0.343 e. The van der Waals surface area contributed by atoms with Crippen LogP contribution >= 0.6 is 31.9 Å². The molecule has 0 spiro atoms. The van der Waals surface area contributed by atoms with Crippen molar-refractivity contribution in [1.82, 2.24) is 0 Å². The van der Waals surface area contributed by atoms with Gasteiger partial charge in [0, 0.05) is 38.5 Å². The topological polar surface area (TPSA) is 61.8 Å². The number of ether oxygens (including phenoxy) is 3. The highest BCUT2D eigenvalue weighted by Gasteiger charge is 2.69. The van der Waals surface area contributed by atoms with Crippen LogP contribution in [0.5, 0.6) is 17.2 Å². The van der Waals surface area contributed by atoms with E-state index in [1.807, 2.05) is 0 Å². The molecule has 1 aliphatic heterocycles. The molecular weight excluding hydrogens is 600 g/mol. The quantitative estimate of drug-likeness (QED) is 0.217. The summed E-state index contributed by atoms with van der Waals surface area (Å²) in [7, 11) is 0. The van der Waals surface area contributed by atoms with Gasteiger partial charge in [-0.15, -0.1) is 0 Å². The number of hydrogen-bond donors (Lipinski definition) is 0. The Morgan fingerprint density at radius 3 is 2.03 bits per heavy atom. The summed E-state index contributed by atoms with van der Waals surface area (Å²) >= 11 is 6.79. The first-order valence-electron chi connectivity index (χ1n) is 12.4. The molecule has 0 amide bonds. The van der Waals surface area contributed by atoms with E-state index < -0.39 is 11.9 Å². The van der Waals surface area contributed by atoms with E-state index in [1.54, 1.807) is 60.7 Å². The normalized spacial score (nSPS) is 26.2. The molecule has 7 heteroatoms. The van der Waals surface area contributed by atoms with Crippen molar-refractivity contribution in [3.8, 4) is 17.2 Å². The summed E-state index contributed by atoms with van der Waals surface area (Å²) in [4.78, 5) is 26.1. The van der Waals surface area contributed by atoms with E-state index in [0.717, 1.165) is 27.4 Å². The molecule has 3 aromatic carbocycles. The number of rotatable bonds is 4. The van der Waals surface area contributed by atoms with Crippen molar-refractivity contribution in [2.45, 2.75) is 45.1 Å². The molecule has 0 N–H and O–H groups in total. The Hall–Kier alpha value is -2.64. The highest BCUT2D eigenvalue weighted by molar-refractivity contribution is 9.10. The lowest BCUT2D eigenvalue weighted by Crippen LogP contribution is -2.59. The van der Waals surface area contributed by atoms with E-state index in [2.05, 4.69) is 52.6 Å². The second kappa shape index (κ2) is 8.70. The summed E-state index contributed by atoms with van der Waals surface area (Å²) in [5, 5.41) is 0. The minimum absolute atomic E-state index is 0.0370. The van der Waals surface area contributed by atoms with Crippen LogP contribution in [-0.4, -0.2) is 17.5 Å². The molecule has 4 atom stereocenters. The van der Waals surface area contributed by atoms with Gasteiger partial charge in [0.15, 0.2) is 0 Å². The number of carbonyl (C=O) groups is 2. The first-order valence-corrected chi connectivity index (χ1v) is 14.0. The Morgan fingerprint density at radius 1 is 0.865 bits per heavy atom. The van der Waals surface area contributed by atoms with Crippen LogP contribution in [0.2, 0.25) is 0 Å². The van der Waals surface area contributed by atoms with E-state index in [4.69, 9.17) is 14.2 Å². The molecule has 1 heterocycles. The van der Waals surface area contributed by atoms with Crippen molar-refractivity contribution in [2.75, 3.05) is 0 Å². The molecule has 0 unspecified atom stereocenters. The Balaban J connectivity index is 1.41. The molecule has 6 rings (SSSR count). The van der Waals surface area contributed by atoms with Gasteiger partial charge >= 0.3 is 11.9 Å². The molecule has 3 aliphatic rings. The number of esters is 2. The molecular formula is C30H26Br2O5. The van der Waals surface area contributed by atoms with E-state index in [9.17, 15) is 9.59 Å². The van der Waals surface area contributed by atoms with Crippen LogP contribution in [0.15, 0.2) is 69.6 Å². The van der Waals surface area contributed by atoms with Gasteiger partial charge in [-0.05, 0) is 79.6 Å². The fraction of sp³-hybridized carbons (Fsp3) is 0.333. The first kappa shape index (κ1) is 24.7. The number of fused-ring (bicyclic) bond motifs is 2. The molecule has 190 valence electrons. The average molecular weight is 626 g/mol. The van der Waals surface area contributed by atoms with Gasteiger partial charge in [-0.25, -0.2) is 9.59 Å². The van der Waals surface area contributed by atoms with E-state index >= 15 is 0 Å². The first-order chi connectivity index (χ1) is 17.6. The standard InChI is InChI=1S/C30H26Br2O5/c1-29(2)21-12-13-30(3)25(21)26(29)24-22(36-28(34)17-6-10-19(32)11-7-17)14-20(15-23(24)37-30)35-27(33)16-4-8-18(31)9-5-16/h4-11,14-15,21,25-26H,12-13H2,1-3H3/t21-,25+,26+,30+/m1/s1. The molecule has 37 heavy (non-hydrogen) atoms. The van der Waals surface area contributed by atoms with Gasteiger partial charge in [0.05, 0.1) is 11.1 Å². The summed E-state index contributed by atoms with van der Waals surface area (Å²) < 4.78 is 20.2. The zero-order chi connectivity index (χ0) is 26.1. The van der Waals surface area contributed by atoms with Crippen LogP contribution in [0.1, 0.15) is 65.8 Å². The Morgan fingerprint density at radius 2 is 1.43 bits per heavy atom. The van der Waals surface area contributed by atoms with Gasteiger partial charge in [-0.2, -0.15) is 0 Å². The highest BCUT2D eigenvalue weighted by atomic mass is 79.9. The largest absolute Gasteiger partial charge is 0.487 e. The second-order valence-electron chi connectivity index (χ2n) is 11.0. The van der Waals surface area contributed by atoms with Crippen molar-refractivity contribution in [2.24, 2.45) is 17.3 Å². The summed E-state index contributed by atoms with van der Waals surface area (Å²) in [5.41, 5.74) is 1.48. The lowest BCUT2D eigenvalue weighted by atomic mass is 9.45. The number of halogens is 2. The van der Waals surface area contributed by atoms with E-state index in [1.165, 1.54) is 0 Å². The fourth-order valence-electron chi connectivity index (χ4n) is 6.74. The summed E-state index contributed by atoms with van der Waals surface area (Å²) in [6.07, 6.45) is 2.08. The predicted molar refractivity (Wildman–Crippen MR) is 146 cm³/mol. The van der Waals surface area contributed by atoms with Crippen molar-refractivity contribution in [1.29, 1.82) is 0 Å². The van der Waals surface area contributed by atoms with E-state index in [0.29, 0.717) is 34.5 Å². The van der Waals surface area contributed by atoms with Crippen molar-refractivity contribution in [3.05, 3.63) is 86.3 Å². The lowest BCUT2D eigenvalue weighted by molar-refractivity contribution is -0.120. The molecule has 0 aromatic heterocycles. The molecule has 0 saturated heterocycles. The van der Waals surface area contributed by atoms with Crippen molar-refractivity contribution in [3.63, 3.8) is 0 Å². The van der Waals surface area contributed by atoms with Crippen molar-refractivity contribution >= 4 is 43.8 Å². The number of carbonyl (C=O) groups excluding carboxylic acids is 2. The lowest BCUT2D eigenvalue weighted by Gasteiger charge is -2.62. The molecule has 2 saturated carbocycles. The van der Waals surface area contributed by atoms with Crippen LogP contribution in [0.4, 0.5) is 0 Å². The van der Waals surface area contributed by atoms with Gasteiger partial charge in [0.2, 0.25) is 0 Å². The van der Waals surface area contributed by atoms with Gasteiger partial charge in [0.25, 0.3) is 0 Å². The number of benzene rings is 3. The minimum Gasteiger partial charge on any atom is -0.487 e. The minimum atomic E-state index is -0.498. The van der Waals surface area contributed by atoms with Crippen LogP contribution in [-0.2, 0) is 0 Å². The maximum Gasteiger partial charge on any atom is 0.343 e. The third-order valence-corrected chi connectivity index (χ3v) is 9.57. The Labute approximate surface area is 232 Å². The molecule has 0 bridgehead atoms.